The number of nitriles is 1. The smallest absolute Gasteiger partial charge is 0.248 e. The number of nitrogens with zero attached hydrogens (tertiary/aromatic N) is 2. The van der Waals surface area contributed by atoms with Gasteiger partial charge in [-0.2, -0.15) is 5.26 Å². The van der Waals surface area contributed by atoms with Gasteiger partial charge in [0.2, 0.25) is 5.91 Å². The van der Waals surface area contributed by atoms with Gasteiger partial charge in [0.15, 0.2) is 0 Å². The third kappa shape index (κ3) is 3.94. The van der Waals surface area contributed by atoms with Gasteiger partial charge in [-0.25, -0.2) is 0 Å². The van der Waals surface area contributed by atoms with Crippen LogP contribution < -0.4 is 0 Å². The Morgan fingerprint density at radius 3 is 2.75 bits per heavy atom. The maximum absolute atomic E-state index is 11.2. The van der Waals surface area contributed by atoms with Crippen LogP contribution in [0.2, 0.25) is 0 Å². The van der Waals surface area contributed by atoms with Crippen LogP contribution in [0.5, 0.6) is 0 Å². The van der Waals surface area contributed by atoms with Crippen LogP contribution in [-0.4, -0.2) is 37.6 Å². The van der Waals surface area contributed by atoms with Crippen molar-refractivity contribution in [1.29, 1.82) is 5.26 Å². The van der Waals surface area contributed by atoms with Gasteiger partial charge in [-0.05, 0) is 6.92 Å². The maximum Gasteiger partial charge on any atom is 0.248 e. The number of amides is 1. The van der Waals surface area contributed by atoms with Gasteiger partial charge >= 0.3 is 0 Å². The molecule has 0 saturated heterocycles. The summed E-state index contributed by atoms with van der Waals surface area (Å²) in [4.78, 5) is 12.8. The van der Waals surface area contributed by atoms with Crippen molar-refractivity contribution in [3.63, 3.8) is 0 Å². The minimum absolute atomic E-state index is 0.0600. The van der Waals surface area contributed by atoms with E-state index in [1.807, 2.05) is 13.0 Å². The zero-order valence-electron chi connectivity index (χ0n) is 7.54. The molecule has 4 nitrogen and oxygen atoms in total. The summed E-state index contributed by atoms with van der Waals surface area (Å²) in [7, 11) is 1.48. The van der Waals surface area contributed by atoms with E-state index in [2.05, 4.69) is 0 Å². The Morgan fingerprint density at radius 2 is 2.33 bits per heavy atom. The Hall–Kier alpha value is -1.08. The normalized spacial score (nSPS) is 9.08. The van der Waals surface area contributed by atoms with Crippen LogP contribution in [0.4, 0.5) is 0 Å². The highest BCUT2D eigenvalue weighted by Gasteiger charge is 2.09. The van der Waals surface area contributed by atoms with Crippen molar-refractivity contribution in [3.05, 3.63) is 0 Å². The van der Waals surface area contributed by atoms with Gasteiger partial charge in [0.1, 0.15) is 6.61 Å². The number of hydrogen-bond acceptors (Lipinski definition) is 3. The summed E-state index contributed by atoms with van der Waals surface area (Å²) in [6.45, 7) is 3.10. The number of methoxy groups -OCH3 is 1. The summed E-state index contributed by atoms with van der Waals surface area (Å²) < 4.78 is 4.69. The number of rotatable bonds is 5. The Labute approximate surface area is 72.7 Å². The van der Waals surface area contributed by atoms with E-state index in [0.717, 1.165) is 0 Å². The standard InChI is InChI=1S/C8H14N2O2/c1-3-10(6-4-5-9)8(11)7-12-2/h3-4,6-7H2,1-2H3. The van der Waals surface area contributed by atoms with Crippen LogP contribution in [0, 0.1) is 11.3 Å². The van der Waals surface area contributed by atoms with Gasteiger partial charge < -0.3 is 9.64 Å². The van der Waals surface area contributed by atoms with E-state index < -0.39 is 0 Å². The number of likely N-dealkylation sites (N-methyl/N-ethyl adjacent to an activating group) is 1. The van der Waals surface area contributed by atoms with Gasteiger partial charge in [-0.15, -0.1) is 0 Å². The quantitative estimate of drug-likeness (QED) is 0.600. The fraction of sp³-hybridized carbons (Fsp3) is 0.750. The molecule has 0 radical (unpaired) electrons. The zero-order chi connectivity index (χ0) is 9.40. The highest BCUT2D eigenvalue weighted by molar-refractivity contribution is 5.77. The van der Waals surface area contributed by atoms with Gasteiger partial charge in [-0.3, -0.25) is 4.79 Å². The summed E-state index contributed by atoms with van der Waals surface area (Å²) in [6, 6.07) is 1.99. The number of hydrogen-bond donors (Lipinski definition) is 0. The molecule has 0 bridgehead atoms. The van der Waals surface area contributed by atoms with Crippen LogP contribution in [0.3, 0.4) is 0 Å². The third-order valence-electron chi connectivity index (χ3n) is 1.50. The Bertz CT molecular complexity index is 174. The SMILES string of the molecule is CCN(CCC#N)C(=O)COC. The monoisotopic (exact) mass is 170 g/mol. The summed E-state index contributed by atoms with van der Waals surface area (Å²) in [6.07, 6.45) is 0.378. The van der Waals surface area contributed by atoms with E-state index in [0.29, 0.717) is 19.5 Å². The Kier molecular flexibility index (Phi) is 6.02. The molecule has 12 heavy (non-hydrogen) atoms. The second kappa shape index (κ2) is 6.62. The maximum atomic E-state index is 11.2. The second-order valence-corrected chi connectivity index (χ2v) is 2.31. The fourth-order valence-electron chi connectivity index (χ4n) is 0.859. The predicted molar refractivity (Wildman–Crippen MR) is 44.4 cm³/mol. The summed E-state index contributed by atoms with van der Waals surface area (Å²) in [5, 5.41) is 8.30. The van der Waals surface area contributed by atoms with Gasteiger partial charge in [0.25, 0.3) is 0 Å². The average Bonchev–Trinajstić information content (AvgIpc) is 2.06. The van der Waals surface area contributed by atoms with Gasteiger partial charge in [-0.1, -0.05) is 0 Å². The van der Waals surface area contributed by atoms with Crippen molar-refractivity contribution in [3.8, 4) is 6.07 Å². The van der Waals surface area contributed by atoms with Gasteiger partial charge in [0.05, 0.1) is 12.5 Å². The summed E-state index contributed by atoms with van der Waals surface area (Å²) in [5.74, 6) is -0.0600. The van der Waals surface area contributed by atoms with Crippen molar-refractivity contribution in [2.45, 2.75) is 13.3 Å². The minimum atomic E-state index is -0.0600. The molecule has 0 aromatic carbocycles. The van der Waals surface area contributed by atoms with E-state index in [9.17, 15) is 4.79 Å². The third-order valence-corrected chi connectivity index (χ3v) is 1.50. The molecule has 68 valence electrons. The average molecular weight is 170 g/mol. The van der Waals surface area contributed by atoms with Crippen molar-refractivity contribution < 1.29 is 9.53 Å². The first-order chi connectivity index (χ1) is 5.76. The largest absolute Gasteiger partial charge is 0.375 e. The van der Waals surface area contributed by atoms with E-state index in [4.69, 9.17) is 10.00 Å². The fourth-order valence-corrected chi connectivity index (χ4v) is 0.859. The van der Waals surface area contributed by atoms with Crippen molar-refractivity contribution in [2.75, 3.05) is 26.8 Å². The number of ether oxygens (including phenoxy) is 1. The lowest BCUT2D eigenvalue weighted by Gasteiger charge is -2.18. The van der Waals surface area contributed by atoms with E-state index in [-0.39, 0.29) is 12.5 Å². The zero-order valence-corrected chi connectivity index (χ0v) is 7.54. The molecule has 0 fully saturated rings. The molecular formula is C8H14N2O2. The van der Waals surface area contributed by atoms with E-state index >= 15 is 0 Å². The van der Waals surface area contributed by atoms with Crippen molar-refractivity contribution >= 4 is 5.91 Å². The molecule has 0 aromatic rings. The summed E-state index contributed by atoms with van der Waals surface area (Å²) >= 11 is 0. The lowest BCUT2D eigenvalue weighted by Crippen LogP contribution is -2.34. The van der Waals surface area contributed by atoms with Crippen molar-refractivity contribution in [2.24, 2.45) is 0 Å². The molecule has 0 aromatic heterocycles. The molecule has 0 N–H and O–H groups in total. The van der Waals surface area contributed by atoms with E-state index in [1.165, 1.54) is 7.11 Å². The van der Waals surface area contributed by atoms with E-state index in [1.54, 1.807) is 4.90 Å². The molecule has 0 aliphatic rings. The van der Waals surface area contributed by atoms with Crippen LogP contribution in [0.15, 0.2) is 0 Å². The summed E-state index contributed by atoms with van der Waals surface area (Å²) in [5.41, 5.74) is 0. The lowest BCUT2D eigenvalue weighted by atomic mass is 10.4. The highest BCUT2D eigenvalue weighted by atomic mass is 16.5. The first-order valence-electron chi connectivity index (χ1n) is 3.89. The second-order valence-electron chi connectivity index (χ2n) is 2.31. The molecular weight excluding hydrogens is 156 g/mol. The number of carbonyl (C=O) groups excluding carboxylic acids is 1. The molecule has 0 unspecified atom stereocenters. The molecule has 0 rings (SSSR count). The molecule has 0 spiro atoms. The van der Waals surface area contributed by atoms with Crippen LogP contribution >= 0.6 is 0 Å². The van der Waals surface area contributed by atoms with Crippen LogP contribution in [-0.2, 0) is 9.53 Å². The topological polar surface area (TPSA) is 53.3 Å². The lowest BCUT2D eigenvalue weighted by molar-refractivity contribution is -0.134. The Balaban J connectivity index is 3.80. The minimum Gasteiger partial charge on any atom is -0.375 e. The molecule has 1 amide bonds. The molecule has 4 heteroatoms. The molecule has 0 aliphatic carbocycles. The number of carbonyl (C=O) groups is 1. The van der Waals surface area contributed by atoms with Crippen LogP contribution in [0.25, 0.3) is 0 Å². The Morgan fingerprint density at radius 1 is 1.67 bits per heavy atom. The predicted octanol–water partition coefficient (Wildman–Crippen LogP) is 0.395. The molecule has 0 saturated carbocycles. The first-order valence-corrected chi connectivity index (χ1v) is 3.89. The molecule has 0 atom stereocenters. The van der Waals surface area contributed by atoms with Crippen molar-refractivity contribution in [1.82, 2.24) is 4.90 Å². The molecule has 0 aliphatic heterocycles. The van der Waals surface area contributed by atoms with Gasteiger partial charge in [0, 0.05) is 20.2 Å². The molecule has 0 heterocycles. The van der Waals surface area contributed by atoms with Crippen LogP contribution in [0.1, 0.15) is 13.3 Å². The highest BCUT2D eigenvalue weighted by Crippen LogP contribution is 1.92. The first kappa shape index (κ1) is 10.9.